The minimum atomic E-state index is -1.04. The first-order chi connectivity index (χ1) is 15.9. The minimum absolute atomic E-state index is 0.105. The number of carboxylic acids is 2. The van der Waals surface area contributed by atoms with Crippen LogP contribution in [0.5, 0.6) is 0 Å². The number of aromatic carboxylic acids is 2. The maximum atomic E-state index is 11.0. The van der Waals surface area contributed by atoms with Gasteiger partial charge in [0.2, 0.25) is 12.0 Å². The summed E-state index contributed by atoms with van der Waals surface area (Å²) in [5, 5.41) is 34.8. The van der Waals surface area contributed by atoms with E-state index in [4.69, 9.17) is 24.8 Å². The maximum Gasteiger partial charge on any atom is 0.335 e. The lowest BCUT2D eigenvalue weighted by Crippen LogP contribution is -2.19. The highest BCUT2D eigenvalue weighted by molar-refractivity contribution is 6.69. The second-order valence-electron chi connectivity index (χ2n) is 6.79. The van der Waals surface area contributed by atoms with E-state index in [9.17, 15) is 9.59 Å². The molecule has 5 N–H and O–H groups in total. The van der Waals surface area contributed by atoms with E-state index in [1.54, 1.807) is 24.3 Å². The molecule has 2 heterocycles. The number of hydrazone groups is 2. The van der Waals surface area contributed by atoms with Crippen LogP contribution in [0.25, 0.3) is 0 Å². The van der Waals surface area contributed by atoms with Crippen molar-refractivity contribution in [2.75, 3.05) is 10.9 Å². The summed E-state index contributed by atoms with van der Waals surface area (Å²) in [5.41, 5.74) is 7.22. The van der Waals surface area contributed by atoms with Crippen LogP contribution in [0.2, 0.25) is 0 Å². The quantitative estimate of drug-likeness (QED) is 0.342. The van der Waals surface area contributed by atoms with Crippen molar-refractivity contribution in [2.45, 2.75) is 6.10 Å². The van der Waals surface area contributed by atoms with Gasteiger partial charge in [0.15, 0.2) is 11.5 Å². The molecule has 1 fully saturated rings. The zero-order chi connectivity index (χ0) is 23.4. The molecule has 1 atom stereocenters. The van der Waals surface area contributed by atoms with Crippen molar-refractivity contribution < 1.29 is 29.0 Å². The maximum absolute atomic E-state index is 11.0. The number of nitrogens with one attached hydrogen (secondary N) is 3. The van der Waals surface area contributed by atoms with Gasteiger partial charge < -0.3 is 19.4 Å². The molecule has 166 valence electrons. The molecule has 11 nitrogen and oxygen atoms in total. The molecule has 0 spiro atoms. The zero-order valence-electron chi connectivity index (χ0n) is 16.9. The van der Waals surface area contributed by atoms with E-state index in [0.717, 1.165) is 0 Å². The summed E-state index contributed by atoms with van der Waals surface area (Å²) in [6.07, 6.45) is 0.642. The SMILES string of the molecule is N=C1O[C@H](c2ccco2)C(=N/Nc2ccc(C(=O)O)cc2)/C1=N\Nc1ccc(C(=O)O)cc1. The standard InChI is InChI=1S/C22H17N5O6/c23-20-18(27-25-15-9-5-13(6-10-15)22(30)31)17(19(33-20)16-2-1-11-32-16)26-24-14-7-3-12(4-8-14)21(28)29/h1-11,19,23-25H,(H,28,29)(H,30,31)/b23-20?,26-17+,27-18+/t19-/m1/s1. The fraction of sp³-hybridized carbons (Fsp3) is 0.0455. The summed E-state index contributed by atoms with van der Waals surface area (Å²) < 4.78 is 11.0. The molecule has 33 heavy (non-hydrogen) atoms. The van der Waals surface area contributed by atoms with Crippen molar-refractivity contribution in [1.82, 2.24) is 0 Å². The van der Waals surface area contributed by atoms with Gasteiger partial charge >= 0.3 is 11.9 Å². The Kier molecular flexibility index (Phi) is 5.85. The first-order valence-electron chi connectivity index (χ1n) is 9.55. The van der Waals surface area contributed by atoms with Gasteiger partial charge in [0.1, 0.15) is 5.71 Å². The summed E-state index contributed by atoms with van der Waals surface area (Å²) in [4.78, 5) is 22.0. The van der Waals surface area contributed by atoms with Crippen LogP contribution < -0.4 is 10.9 Å². The van der Waals surface area contributed by atoms with Gasteiger partial charge in [-0.1, -0.05) is 0 Å². The van der Waals surface area contributed by atoms with Crippen molar-refractivity contribution in [2.24, 2.45) is 10.2 Å². The van der Waals surface area contributed by atoms with E-state index in [1.165, 1.54) is 42.7 Å². The molecule has 1 saturated heterocycles. The van der Waals surface area contributed by atoms with Gasteiger partial charge in [-0.15, -0.1) is 0 Å². The van der Waals surface area contributed by atoms with E-state index in [0.29, 0.717) is 17.1 Å². The van der Waals surface area contributed by atoms with Crippen molar-refractivity contribution in [3.05, 3.63) is 83.8 Å². The number of nitrogens with zero attached hydrogens (tertiary/aromatic N) is 2. The summed E-state index contributed by atoms with van der Waals surface area (Å²) in [7, 11) is 0. The van der Waals surface area contributed by atoms with Gasteiger partial charge in [-0.2, -0.15) is 10.2 Å². The Hall–Kier alpha value is -4.93. The van der Waals surface area contributed by atoms with Crippen LogP contribution in [0, 0.1) is 5.41 Å². The van der Waals surface area contributed by atoms with Crippen LogP contribution in [0.3, 0.4) is 0 Å². The molecule has 1 aromatic heterocycles. The third kappa shape index (κ3) is 4.71. The van der Waals surface area contributed by atoms with Crippen molar-refractivity contribution >= 4 is 40.6 Å². The Balaban J connectivity index is 1.61. The van der Waals surface area contributed by atoms with E-state index in [1.807, 2.05) is 0 Å². The van der Waals surface area contributed by atoms with Gasteiger partial charge in [-0.25, -0.2) is 9.59 Å². The summed E-state index contributed by atoms with van der Waals surface area (Å²) in [6.45, 7) is 0. The Morgan fingerprint density at radius 3 is 1.88 bits per heavy atom. The molecule has 0 bridgehead atoms. The molecule has 0 aliphatic carbocycles. The van der Waals surface area contributed by atoms with Crippen molar-refractivity contribution in [3.8, 4) is 0 Å². The zero-order valence-corrected chi connectivity index (χ0v) is 16.9. The average Bonchev–Trinajstić information content (AvgIpc) is 3.45. The largest absolute Gasteiger partial charge is 0.478 e. The number of benzene rings is 2. The first-order valence-corrected chi connectivity index (χ1v) is 9.55. The molecule has 0 unspecified atom stereocenters. The highest BCUT2D eigenvalue weighted by atomic mass is 16.5. The fourth-order valence-electron chi connectivity index (χ4n) is 2.94. The number of ether oxygens (including phenoxy) is 1. The van der Waals surface area contributed by atoms with Crippen LogP contribution in [0.1, 0.15) is 32.6 Å². The first kappa shape index (κ1) is 21.3. The third-order valence-corrected chi connectivity index (χ3v) is 4.61. The summed E-state index contributed by atoms with van der Waals surface area (Å²) in [6, 6.07) is 15.2. The molecule has 0 amide bonds. The summed E-state index contributed by atoms with van der Waals surface area (Å²) >= 11 is 0. The lowest BCUT2D eigenvalue weighted by atomic mass is 10.1. The smallest absolute Gasteiger partial charge is 0.335 e. The van der Waals surface area contributed by atoms with E-state index < -0.39 is 18.0 Å². The van der Waals surface area contributed by atoms with Crippen LogP contribution >= 0.6 is 0 Å². The Labute approximate surface area is 186 Å². The molecular weight excluding hydrogens is 430 g/mol. The number of carboxylic acid groups (broad SMARTS) is 2. The highest BCUT2D eigenvalue weighted by Gasteiger charge is 2.39. The van der Waals surface area contributed by atoms with E-state index in [-0.39, 0.29) is 28.4 Å². The van der Waals surface area contributed by atoms with Crippen LogP contribution in [-0.4, -0.2) is 39.5 Å². The Bertz CT molecular complexity index is 1250. The van der Waals surface area contributed by atoms with Crippen LogP contribution in [0.15, 0.2) is 81.5 Å². The second-order valence-corrected chi connectivity index (χ2v) is 6.79. The normalized spacial score (nSPS) is 17.7. The number of furan rings is 1. The summed E-state index contributed by atoms with van der Waals surface area (Å²) in [5.74, 6) is -1.91. The van der Waals surface area contributed by atoms with Crippen molar-refractivity contribution in [3.63, 3.8) is 0 Å². The molecule has 3 aromatic rings. The van der Waals surface area contributed by atoms with E-state index >= 15 is 0 Å². The number of hydrogen-bond acceptors (Lipinski definition) is 9. The number of rotatable bonds is 7. The highest BCUT2D eigenvalue weighted by Crippen LogP contribution is 2.27. The Morgan fingerprint density at radius 1 is 0.848 bits per heavy atom. The Morgan fingerprint density at radius 2 is 1.39 bits per heavy atom. The van der Waals surface area contributed by atoms with Gasteiger partial charge in [-0.3, -0.25) is 16.3 Å². The molecular formula is C22H17N5O6. The van der Waals surface area contributed by atoms with Gasteiger partial charge in [-0.05, 0) is 60.7 Å². The van der Waals surface area contributed by atoms with Gasteiger partial charge in [0, 0.05) is 0 Å². The molecule has 0 radical (unpaired) electrons. The topological polar surface area (TPSA) is 170 Å². The molecule has 4 rings (SSSR count). The fourth-order valence-corrected chi connectivity index (χ4v) is 2.94. The molecule has 11 heteroatoms. The van der Waals surface area contributed by atoms with Crippen LogP contribution in [0.4, 0.5) is 11.4 Å². The molecule has 1 aliphatic rings. The minimum Gasteiger partial charge on any atom is -0.478 e. The molecule has 1 aliphatic heterocycles. The number of carbonyl (C=O) groups is 2. The average molecular weight is 447 g/mol. The third-order valence-electron chi connectivity index (χ3n) is 4.61. The number of anilines is 2. The lowest BCUT2D eigenvalue weighted by Gasteiger charge is -2.08. The predicted molar refractivity (Wildman–Crippen MR) is 119 cm³/mol. The van der Waals surface area contributed by atoms with E-state index in [2.05, 4.69) is 21.1 Å². The lowest BCUT2D eigenvalue weighted by molar-refractivity contribution is 0.0686. The number of hydrogen-bond donors (Lipinski definition) is 5. The predicted octanol–water partition coefficient (Wildman–Crippen LogP) is 3.66. The van der Waals surface area contributed by atoms with Gasteiger partial charge in [0.25, 0.3) is 0 Å². The van der Waals surface area contributed by atoms with Crippen LogP contribution in [-0.2, 0) is 4.74 Å². The molecule has 2 aromatic carbocycles. The second kappa shape index (κ2) is 9.06. The van der Waals surface area contributed by atoms with Gasteiger partial charge in [0.05, 0.1) is 28.8 Å². The monoisotopic (exact) mass is 447 g/mol. The van der Waals surface area contributed by atoms with Crippen molar-refractivity contribution in [1.29, 1.82) is 5.41 Å². The molecule has 0 saturated carbocycles.